The van der Waals surface area contributed by atoms with Crippen molar-refractivity contribution in [3.05, 3.63) is 29.8 Å². The van der Waals surface area contributed by atoms with E-state index in [9.17, 15) is 15.0 Å². The first kappa shape index (κ1) is 13.0. The average Bonchev–Trinajstić information content (AvgIpc) is 2.68. The van der Waals surface area contributed by atoms with E-state index in [4.69, 9.17) is 5.73 Å². The highest BCUT2D eigenvalue weighted by atomic mass is 16.5. The highest BCUT2D eigenvalue weighted by Gasteiger charge is 2.36. The molecule has 0 bridgehead atoms. The van der Waals surface area contributed by atoms with Gasteiger partial charge in [-0.25, -0.2) is 0 Å². The second-order valence-electron chi connectivity index (χ2n) is 4.73. The Kier molecular flexibility index (Phi) is 3.38. The van der Waals surface area contributed by atoms with Crippen LogP contribution in [0.2, 0.25) is 0 Å². The summed E-state index contributed by atoms with van der Waals surface area (Å²) >= 11 is 0. The molecule has 1 unspecified atom stereocenters. The van der Waals surface area contributed by atoms with Gasteiger partial charge < -0.3 is 20.8 Å². The number of rotatable bonds is 3. The van der Waals surface area contributed by atoms with Crippen LogP contribution in [0.5, 0.6) is 0 Å². The summed E-state index contributed by atoms with van der Waals surface area (Å²) in [6, 6.07) is 6.21. The number of hydrogen-bond donors (Lipinski definition) is 3. The van der Waals surface area contributed by atoms with Gasteiger partial charge in [0.25, 0.3) is 0 Å². The van der Waals surface area contributed by atoms with Crippen molar-refractivity contribution in [3.8, 4) is 0 Å². The second-order valence-corrected chi connectivity index (χ2v) is 4.73. The summed E-state index contributed by atoms with van der Waals surface area (Å²) in [5.41, 5.74) is 6.76. The van der Waals surface area contributed by atoms with E-state index < -0.39 is 12.0 Å². The molecule has 2 rings (SSSR count). The molecule has 0 spiro atoms. The van der Waals surface area contributed by atoms with Gasteiger partial charge >= 0.3 is 0 Å². The maximum atomic E-state index is 11.7. The van der Waals surface area contributed by atoms with E-state index >= 15 is 0 Å². The number of nitrogens with two attached hydrogens (primary N) is 1. The zero-order valence-corrected chi connectivity index (χ0v) is 10.3. The Morgan fingerprint density at radius 2 is 2.00 bits per heavy atom. The van der Waals surface area contributed by atoms with E-state index in [0.717, 1.165) is 6.42 Å². The minimum atomic E-state index is -1.79. The van der Waals surface area contributed by atoms with Gasteiger partial charge in [-0.1, -0.05) is 0 Å². The fourth-order valence-electron chi connectivity index (χ4n) is 2.19. The van der Waals surface area contributed by atoms with Gasteiger partial charge in [-0.3, -0.25) is 4.79 Å². The van der Waals surface area contributed by atoms with Crippen molar-refractivity contribution in [1.29, 1.82) is 0 Å². The Hall–Kier alpha value is -1.43. The molecule has 1 aliphatic heterocycles. The van der Waals surface area contributed by atoms with Gasteiger partial charge in [-0.15, -0.1) is 0 Å². The van der Waals surface area contributed by atoms with Crippen LogP contribution in [0.25, 0.3) is 0 Å². The first-order valence-electron chi connectivity index (χ1n) is 6.04. The third kappa shape index (κ3) is 2.38. The van der Waals surface area contributed by atoms with Crippen molar-refractivity contribution >= 4 is 11.5 Å². The predicted molar refractivity (Wildman–Crippen MR) is 68.2 cm³/mol. The number of carbonyl (C=O) groups excluding carboxylic acids is 1. The van der Waals surface area contributed by atoms with Crippen molar-refractivity contribution in [2.45, 2.75) is 31.7 Å². The maximum absolute atomic E-state index is 11.7. The molecule has 0 amide bonds. The Labute approximate surface area is 106 Å². The number of anilines is 1. The van der Waals surface area contributed by atoms with Crippen LogP contribution in [-0.4, -0.2) is 34.5 Å². The smallest absolute Gasteiger partial charge is 0.246 e. The molecule has 98 valence electrons. The minimum absolute atomic E-state index is 0.123. The highest BCUT2D eigenvalue weighted by molar-refractivity contribution is 5.99. The molecule has 1 heterocycles. The molecular formula is C13H18N2O3. The zero-order chi connectivity index (χ0) is 13.3. The SMILES string of the molecule is CC(N)C(=O)c1ccc(N2CCCC2(O)O)cc1. The lowest BCUT2D eigenvalue weighted by Crippen LogP contribution is -2.43. The van der Waals surface area contributed by atoms with Crippen molar-refractivity contribution in [1.82, 2.24) is 0 Å². The van der Waals surface area contributed by atoms with Gasteiger partial charge in [-0.2, -0.15) is 0 Å². The molecule has 1 aromatic carbocycles. The molecule has 0 aliphatic carbocycles. The van der Waals surface area contributed by atoms with Crippen LogP contribution >= 0.6 is 0 Å². The number of Topliss-reactive ketones (excluding diaryl/α,β-unsaturated/α-hetero) is 1. The molecular weight excluding hydrogens is 232 g/mol. The molecule has 5 heteroatoms. The monoisotopic (exact) mass is 250 g/mol. The van der Waals surface area contributed by atoms with Gasteiger partial charge in [-0.05, 0) is 37.6 Å². The lowest BCUT2D eigenvalue weighted by Gasteiger charge is -2.30. The van der Waals surface area contributed by atoms with Gasteiger partial charge in [0.15, 0.2) is 5.78 Å². The van der Waals surface area contributed by atoms with Crippen molar-refractivity contribution < 1.29 is 15.0 Å². The number of ketones is 1. The molecule has 18 heavy (non-hydrogen) atoms. The van der Waals surface area contributed by atoms with Crippen LogP contribution in [0.3, 0.4) is 0 Å². The molecule has 0 aromatic heterocycles. The number of hydrogen-bond acceptors (Lipinski definition) is 5. The van der Waals surface area contributed by atoms with Crippen molar-refractivity contribution in [2.24, 2.45) is 5.73 Å². The number of benzene rings is 1. The van der Waals surface area contributed by atoms with Crippen LogP contribution in [0, 0.1) is 0 Å². The summed E-state index contributed by atoms with van der Waals surface area (Å²) in [7, 11) is 0. The van der Waals surface area contributed by atoms with E-state index in [0.29, 0.717) is 24.2 Å². The standard InChI is InChI=1S/C13H18N2O3/c1-9(14)12(16)10-3-5-11(6-4-10)15-8-2-7-13(15,17)18/h3-6,9,17-18H,2,7-8,14H2,1H3. The van der Waals surface area contributed by atoms with Gasteiger partial charge in [0, 0.05) is 24.2 Å². The normalized spacial score (nSPS) is 19.9. The van der Waals surface area contributed by atoms with Gasteiger partial charge in [0.1, 0.15) is 0 Å². The molecule has 1 saturated heterocycles. The van der Waals surface area contributed by atoms with E-state index in [2.05, 4.69) is 0 Å². The summed E-state index contributed by atoms with van der Waals surface area (Å²) < 4.78 is 0. The first-order valence-corrected chi connectivity index (χ1v) is 6.04. The fraction of sp³-hybridized carbons (Fsp3) is 0.462. The van der Waals surface area contributed by atoms with E-state index in [1.54, 1.807) is 31.2 Å². The van der Waals surface area contributed by atoms with E-state index in [1.165, 1.54) is 4.90 Å². The molecule has 0 radical (unpaired) electrons. The third-order valence-corrected chi connectivity index (χ3v) is 3.20. The Bertz CT molecular complexity index is 440. The molecule has 0 saturated carbocycles. The summed E-state index contributed by atoms with van der Waals surface area (Å²) in [6.45, 7) is 2.23. The topological polar surface area (TPSA) is 86.8 Å². The van der Waals surface area contributed by atoms with Crippen LogP contribution in [0.15, 0.2) is 24.3 Å². The zero-order valence-electron chi connectivity index (χ0n) is 10.3. The number of carbonyl (C=O) groups is 1. The summed E-state index contributed by atoms with van der Waals surface area (Å²) in [4.78, 5) is 13.2. The Morgan fingerprint density at radius 1 is 1.39 bits per heavy atom. The average molecular weight is 250 g/mol. The lowest BCUT2D eigenvalue weighted by atomic mass is 10.1. The van der Waals surface area contributed by atoms with Gasteiger partial charge in [0.05, 0.1) is 6.04 Å². The van der Waals surface area contributed by atoms with E-state index in [1.807, 2.05) is 0 Å². The summed E-state index contributed by atoms with van der Waals surface area (Å²) in [6.07, 6.45) is 1.06. The van der Waals surface area contributed by atoms with Crippen molar-refractivity contribution in [3.63, 3.8) is 0 Å². The van der Waals surface area contributed by atoms with Crippen molar-refractivity contribution in [2.75, 3.05) is 11.4 Å². The van der Waals surface area contributed by atoms with E-state index in [-0.39, 0.29) is 5.78 Å². The maximum Gasteiger partial charge on any atom is 0.246 e. The quantitative estimate of drug-likeness (QED) is 0.536. The van der Waals surface area contributed by atoms with Crippen LogP contribution in [0.1, 0.15) is 30.1 Å². The Morgan fingerprint density at radius 3 is 2.44 bits per heavy atom. The molecule has 1 aromatic rings. The third-order valence-electron chi connectivity index (χ3n) is 3.20. The van der Waals surface area contributed by atoms with Gasteiger partial charge in [0.2, 0.25) is 5.91 Å². The number of nitrogens with zero attached hydrogens (tertiary/aromatic N) is 1. The molecule has 1 atom stereocenters. The summed E-state index contributed by atoms with van der Waals surface area (Å²) in [5.74, 6) is -1.91. The molecule has 1 fully saturated rings. The molecule has 1 aliphatic rings. The summed E-state index contributed by atoms with van der Waals surface area (Å²) in [5, 5.41) is 19.5. The lowest BCUT2D eigenvalue weighted by molar-refractivity contribution is -0.149. The van der Waals surface area contributed by atoms with Crippen LogP contribution < -0.4 is 10.6 Å². The van der Waals surface area contributed by atoms with Crippen LogP contribution in [0.4, 0.5) is 5.69 Å². The first-order chi connectivity index (χ1) is 8.42. The minimum Gasteiger partial charge on any atom is -0.349 e. The molecule has 5 nitrogen and oxygen atoms in total. The van der Waals surface area contributed by atoms with Crippen LogP contribution in [-0.2, 0) is 0 Å². The highest BCUT2D eigenvalue weighted by Crippen LogP contribution is 2.30. The largest absolute Gasteiger partial charge is 0.349 e. The fourth-order valence-corrected chi connectivity index (χ4v) is 2.19. The molecule has 4 N–H and O–H groups in total. The Balaban J connectivity index is 2.20. The number of aliphatic hydroxyl groups is 2. The second kappa shape index (κ2) is 4.68. The predicted octanol–water partition coefficient (Wildman–Crippen LogP) is 0.455.